The second-order valence-corrected chi connectivity index (χ2v) is 4.67. The number of rotatable bonds is 3. The lowest BCUT2D eigenvalue weighted by molar-refractivity contribution is -0.116. The SMILES string of the molecule is CC1CC(=O)Nc2ccc(OCC3CO3)cc21. The molecule has 2 unspecified atom stereocenters. The molecule has 0 bridgehead atoms. The van der Waals surface area contributed by atoms with E-state index in [0.29, 0.717) is 13.0 Å². The summed E-state index contributed by atoms with van der Waals surface area (Å²) in [6, 6.07) is 5.81. The molecule has 4 heteroatoms. The molecule has 0 saturated carbocycles. The van der Waals surface area contributed by atoms with Gasteiger partial charge in [-0.05, 0) is 29.7 Å². The van der Waals surface area contributed by atoms with E-state index in [0.717, 1.165) is 23.6 Å². The lowest BCUT2D eigenvalue weighted by Gasteiger charge is -2.23. The standard InChI is InChI=1S/C13H15NO3/c1-8-4-13(15)14-12-3-2-9(5-11(8)12)16-6-10-7-17-10/h2-3,5,8,10H,4,6-7H2,1H3,(H,14,15). The van der Waals surface area contributed by atoms with Gasteiger partial charge >= 0.3 is 0 Å². The van der Waals surface area contributed by atoms with Crippen molar-refractivity contribution in [1.29, 1.82) is 0 Å². The molecule has 0 aliphatic carbocycles. The third-order valence-electron chi connectivity index (χ3n) is 3.16. The Morgan fingerprint density at radius 3 is 3.12 bits per heavy atom. The zero-order chi connectivity index (χ0) is 11.8. The minimum atomic E-state index is 0.0880. The third kappa shape index (κ3) is 2.26. The predicted molar refractivity (Wildman–Crippen MR) is 63.3 cm³/mol. The molecule has 1 aromatic rings. The van der Waals surface area contributed by atoms with Crippen molar-refractivity contribution in [1.82, 2.24) is 0 Å². The number of anilines is 1. The van der Waals surface area contributed by atoms with Crippen LogP contribution in [-0.4, -0.2) is 25.2 Å². The molecular weight excluding hydrogens is 218 g/mol. The van der Waals surface area contributed by atoms with Gasteiger partial charge in [-0.15, -0.1) is 0 Å². The van der Waals surface area contributed by atoms with Crippen LogP contribution in [0.25, 0.3) is 0 Å². The summed E-state index contributed by atoms with van der Waals surface area (Å²) in [7, 11) is 0. The Kier molecular flexibility index (Phi) is 2.52. The predicted octanol–water partition coefficient (Wildman–Crippen LogP) is 1.91. The Morgan fingerprint density at radius 1 is 1.53 bits per heavy atom. The van der Waals surface area contributed by atoms with Crippen molar-refractivity contribution in [3.05, 3.63) is 23.8 Å². The van der Waals surface area contributed by atoms with E-state index >= 15 is 0 Å². The highest BCUT2D eigenvalue weighted by atomic mass is 16.6. The van der Waals surface area contributed by atoms with Gasteiger partial charge in [0.1, 0.15) is 18.5 Å². The van der Waals surface area contributed by atoms with Crippen molar-refractivity contribution < 1.29 is 14.3 Å². The number of amides is 1. The summed E-state index contributed by atoms with van der Waals surface area (Å²) in [5, 5.41) is 2.88. The molecule has 1 amide bonds. The van der Waals surface area contributed by atoms with Gasteiger partial charge in [-0.3, -0.25) is 4.79 Å². The lowest BCUT2D eigenvalue weighted by atomic mass is 9.92. The minimum Gasteiger partial charge on any atom is -0.491 e. The van der Waals surface area contributed by atoms with Crippen LogP contribution >= 0.6 is 0 Å². The lowest BCUT2D eigenvalue weighted by Crippen LogP contribution is -2.21. The van der Waals surface area contributed by atoms with Crippen molar-refractivity contribution in [3.8, 4) is 5.75 Å². The van der Waals surface area contributed by atoms with Crippen LogP contribution in [0.1, 0.15) is 24.8 Å². The molecule has 17 heavy (non-hydrogen) atoms. The summed E-state index contributed by atoms with van der Waals surface area (Å²) in [5.74, 6) is 1.19. The van der Waals surface area contributed by atoms with Gasteiger partial charge in [0, 0.05) is 12.1 Å². The molecule has 90 valence electrons. The molecule has 4 nitrogen and oxygen atoms in total. The van der Waals surface area contributed by atoms with Crippen LogP contribution in [0.15, 0.2) is 18.2 Å². The highest BCUT2D eigenvalue weighted by Gasteiger charge is 2.24. The number of nitrogens with one attached hydrogen (secondary N) is 1. The first-order chi connectivity index (χ1) is 8.22. The molecular formula is C13H15NO3. The number of fused-ring (bicyclic) bond motifs is 1. The van der Waals surface area contributed by atoms with E-state index < -0.39 is 0 Å². The molecule has 1 fully saturated rings. The Morgan fingerprint density at radius 2 is 2.35 bits per heavy atom. The molecule has 1 saturated heterocycles. The number of hydrogen-bond donors (Lipinski definition) is 1. The Labute approximate surface area is 99.9 Å². The molecule has 0 radical (unpaired) electrons. The van der Waals surface area contributed by atoms with Crippen LogP contribution in [-0.2, 0) is 9.53 Å². The van der Waals surface area contributed by atoms with E-state index in [-0.39, 0.29) is 17.9 Å². The quantitative estimate of drug-likeness (QED) is 0.811. The maximum absolute atomic E-state index is 11.4. The average molecular weight is 233 g/mol. The number of ether oxygens (including phenoxy) is 2. The zero-order valence-electron chi connectivity index (χ0n) is 9.73. The van der Waals surface area contributed by atoms with Crippen LogP contribution < -0.4 is 10.1 Å². The smallest absolute Gasteiger partial charge is 0.224 e. The normalized spacial score (nSPS) is 26.1. The van der Waals surface area contributed by atoms with E-state index in [9.17, 15) is 4.79 Å². The first-order valence-corrected chi connectivity index (χ1v) is 5.90. The van der Waals surface area contributed by atoms with Gasteiger partial charge in [-0.25, -0.2) is 0 Å². The molecule has 3 rings (SSSR count). The number of hydrogen-bond acceptors (Lipinski definition) is 3. The number of epoxide rings is 1. The van der Waals surface area contributed by atoms with Crippen LogP contribution in [0.4, 0.5) is 5.69 Å². The first kappa shape index (κ1) is 10.6. The van der Waals surface area contributed by atoms with Crippen molar-refractivity contribution in [3.63, 3.8) is 0 Å². The average Bonchev–Trinajstić information content (AvgIpc) is 3.10. The summed E-state index contributed by atoms with van der Waals surface area (Å²) >= 11 is 0. The monoisotopic (exact) mass is 233 g/mol. The van der Waals surface area contributed by atoms with Gasteiger partial charge in [0.05, 0.1) is 6.61 Å². The fourth-order valence-corrected chi connectivity index (χ4v) is 2.09. The Hall–Kier alpha value is -1.55. The number of carbonyl (C=O) groups is 1. The van der Waals surface area contributed by atoms with Crippen molar-refractivity contribution >= 4 is 11.6 Å². The van der Waals surface area contributed by atoms with Crippen LogP contribution in [0, 0.1) is 0 Å². The topological polar surface area (TPSA) is 50.9 Å². The molecule has 1 aromatic carbocycles. The maximum Gasteiger partial charge on any atom is 0.224 e. The van der Waals surface area contributed by atoms with E-state index in [1.54, 1.807) is 0 Å². The molecule has 2 aliphatic heterocycles. The van der Waals surface area contributed by atoms with E-state index in [2.05, 4.69) is 12.2 Å². The van der Waals surface area contributed by atoms with Crippen molar-refractivity contribution in [2.75, 3.05) is 18.5 Å². The molecule has 1 N–H and O–H groups in total. The minimum absolute atomic E-state index is 0.0880. The van der Waals surface area contributed by atoms with Gasteiger partial charge in [-0.1, -0.05) is 6.92 Å². The van der Waals surface area contributed by atoms with Crippen molar-refractivity contribution in [2.45, 2.75) is 25.4 Å². The number of benzene rings is 1. The van der Waals surface area contributed by atoms with Gasteiger partial charge in [-0.2, -0.15) is 0 Å². The number of carbonyl (C=O) groups excluding carboxylic acids is 1. The molecule has 2 atom stereocenters. The summed E-state index contributed by atoms with van der Waals surface area (Å²) in [6.45, 7) is 3.47. The zero-order valence-corrected chi connectivity index (χ0v) is 9.73. The van der Waals surface area contributed by atoms with E-state index in [1.165, 1.54) is 0 Å². The molecule has 0 aromatic heterocycles. The summed E-state index contributed by atoms with van der Waals surface area (Å²) in [5.41, 5.74) is 2.06. The molecule has 2 aliphatic rings. The third-order valence-corrected chi connectivity index (χ3v) is 3.16. The Balaban J connectivity index is 1.79. The fraction of sp³-hybridized carbons (Fsp3) is 0.462. The van der Waals surface area contributed by atoms with Gasteiger partial charge < -0.3 is 14.8 Å². The fourth-order valence-electron chi connectivity index (χ4n) is 2.09. The summed E-state index contributed by atoms with van der Waals surface area (Å²) < 4.78 is 10.7. The highest BCUT2D eigenvalue weighted by molar-refractivity contribution is 5.94. The van der Waals surface area contributed by atoms with Crippen molar-refractivity contribution in [2.24, 2.45) is 0 Å². The largest absolute Gasteiger partial charge is 0.491 e. The second kappa shape index (κ2) is 4.04. The summed E-state index contributed by atoms with van der Waals surface area (Å²) in [6.07, 6.45) is 0.811. The van der Waals surface area contributed by atoms with E-state index in [4.69, 9.17) is 9.47 Å². The van der Waals surface area contributed by atoms with Crippen LogP contribution in [0.5, 0.6) is 5.75 Å². The molecule has 2 heterocycles. The highest BCUT2D eigenvalue weighted by Crippen LogP contribution is 2.34. The second-order valence-electron chi connectivity index (χ2n) is 4.67. The van der Waals surface area contributed by atoms with Gasteiger partial charge in [0.25, 0.3) is 0 Å². The maximum atomic E-state index is 11.4. The summed E-state index contributed by atoms with van der Waals surface area (Å²) in [4.78, 5) is 11.4. The van der Waals surface area contributed by atoms with Crippen LogP contribution in [0.3, 0.4) is 0 Å². The molecule has 0 spiro atoms. The van der Waals surface area contributed by atoms with Gasteiger partial charge in [0.15, 0.2) is 0 Å². The van der Waals surface area contributed by atoms with Gasteiger partial charge in [0.2, 0.25) is 5.91 Å². The first-order valence-electron chi connectivity index (χ1n) is 5.90. The van der Waals surface area contributed by atoms with E-state index in [1.807, 2.05) is 18.2 Å². The van der Waals surface area contributed by atoms with Crippen LogP contribution in [0.2, 0.25) is 0 Å². The Bertz CT molecular complexity index is 454.